The fourth-order valence-electron chi connectivity index (χ4n) is 0.536. The average Bonchev–Trinajstić information content (AvgIpc) is 2.31. The van der Waals surface area contributed by atoms with E-state index >= 15 is 0 Å². The molecule has 0 aliphatic heterocycles. The van der Waals surface area contributed by atoms with Crippen LogP contribution in [0.4, 0.5) is 0 Å². The Morgan fingerprint density at radius 1 is 1.80 bits per heavy atom. The van der Waals surface area contributed by atoms with E-state index < -0.39 is 0 Å². The Kier molecular flexibility index (Phi) is 2.22. The van der Waals surface area contributed by atoms with Gasteiger partial charge in [-0.05, 0) is 0 Å². The Labute approximate surface area is 58.8 Å². The molecule has 0 radical (unpaired) electrons. The molecule has 0 aromatic carbocycles. The van der Waals surface area contributed by atoms with Gasteiger partial charge < -0.3 is 10.5 Å². The maximum Gasteiger partial charge on any atom is 0.335 e. The van der Waals surface area contributed by atoms with Crippen LogP contribution >= 0.6 is 0 Å². The van der Waals surface area contributed by atoms with Crippen LogP contribution in [-0.2, 0) is 7.05 Å². The summed E-state index contributed by atoms with van der Waals surface area (Å²) in [6, 6.07) is 0.382. The summed E-state index contributed by atoms with van der Waals surface area (Å²) in [6.45, 7) is 0.947. The molecule has 0 saturated carbocycles. The number of aromatic nitrogens is 3. The van der Waals surface area contributed by atoms with Crippen LogP contribution in [0.2, 0.25) is 0 Å². The second-order valence-electron chi connectivity index (χ2n) is 1.84. The van der Waals surface area contributed by atoms with E-state index in [9.17, 15) is 0 Å². The lowest BCUT2D eigenvalue weighted by molar-refractivity contribution is 0.301. The van der Waals surface area contributed by atoms with Gasteiger partial charge in [0.15, 0.2) is 0 Å². The highest BCUT2D eigenvalue weighted by molar-refractivity contribution is 4.86. The fraction of sp³-hybridized carbons (Fsp3) is 0.600. The first-order chi connectivity index (χ1) is 4.83. The molecule has 5 nitrogen and oxygen atoms in total. The molecule has 1 heterocycles. The highest BCUT2D eigenvalue weighted by Crippen LogP contribution is 1.96. The summed E-state index contributed by atoms with van der Waals surface area (Å²) in [4.78, 5) is 3.83. The Bertz CT molecular complexity index is 197. The number of hydrogen-bond acceptors (Lipinski definition) is 4. The zero-order valence-electron chi connectivity index (χ0n) is 5.82. The molecule has 1 rings (SSSR count). The summed E-state index contributed by atoms with van der Waals surface area (Å²) in [5.74, 6) is 0. The van der Waals surface area contributed by atoms with Crippen molar-refractivity contribution in [1.29, 1.82) is 0 Å². The Hall–Kier alpha value is -1.10. The minimum Gasteiger partial charge on any atom is -0.461 e. The normalized spacial score (nSPS) is 9.80. The molecule has 0 bridgehead atoms. The Morgan fingerprint density at radius 2 is 2.60 bits per heavy atom. The molecule has 5 heteroatoms. The molecule has 0 spiro atoms. The molecule has 0 aliphatic carbocycles. The third-order valence-electron chi connectivity index (χ3n) is 0.928. The van der Waals surface area contributed by atoms with Crippen LogP contribution in [0.15, 0.2) is 6.33 Å². The van der Waals surface area contributed by atoms with Crippen LogP contribution in [0.3, 0.4) is 0 Å². The van der Waals surface area contributed by atoms with Crippen LogP contribution in [0.5, 0.6) is 6.01 Å². The van der Waals surface area contributed by atoms with Crippen molar-refractivity contribution in [3.8, 4) is 6.01 Å². The van der Waals surface area contributed by atoms with Gasteiger partial charge in [-0.2, -0.15) is 4.98 Å². The lowest BCUT2D eigenvalue weighted by Crippen LogP contribution is -2.11. The molecule has 0 fully saturated rings. The van der Waals surface area contributed by atoms with Crippen LogP contribution in [0.1, 0.15) is 0 Å². The molecule has 0 saturated heterocycles. The van der Waals surface area contributed by atoms with Crippen LogP contribution in [0.25, 0.3) is 0 Å². The molecule has 0 atom stereocenters. The molecule has 0 unspecified atom stereocenters. The first-order valence-corrected chi connectivity index (χ1v) is 3.01. The van der Waals surface area contributed by atoms with E-state index in [2.05, 4.69) is 10.1 Å². The monoisotopic (exact) mass is 142 g/mol. The van der Waals surface area contributed by atoms with Gasteiger partial charge in [-0.15, -0.1) is 5.10 Å². The Balaban J connectivity index is 2.42. The first kappa shape index (κ1) is 7.01. The number of aryl methyl sites for hydroxylation is 1. The second kappa shape index (κ2) is 3.17. The standard InChI is InChI=1S/C5H10N4O/c1-9-4-7-5(8-9)10-3-2-6/h4H,2-3,6H2,1H3. The SMILES string of the molecule is Cn1cnc(OCCN)n1. The van der Waals surface area contributed by atoms with Crippen molar-refractivity contribution >= 4 is 0 Å². The van der Waals surface area contributed by atoms with E-state index in [0.29, 0.717) is 19.2 Å². The summed E-state index contributed by atoms with van der Waals surface area (Å²) in [7, 11) is 1.78. The minimum atomic E-state index is 0.382. The lowest BCUT2D eigenvalue weighted by Gasteiger charge is -1.95. The quantitative estimate of drug-likeness (QED) is 0.597. The van der Waals surface area contributed by atoms with Gasteiger partial charge in [-0.1, -0.05) is 0 Å². The van der Waals surface area contributed by atoms with Crippen molar-refractivity contribution < 1.29 is 4.74 Å². The molecule has 10 heavy (non-hydrogen) atoms. The smallest absolute Gasteiger partial charge is 0.335 e. The molecule has 1 aromatic rings. The van der Waals surface area contributed by atoms with Gasteiger partial charge in [0.2, 0.25) is 0 Å². The average molecular weight is 142 g/mol. The van der Waals surface area contributed by atoms with Gasteiger partial charge in [0.1, 0.15) is 12.9 Å². The number of nitrogens with zero attached hydrogens (tertiary/aromatic N) is 3. The van der Waals surface area contributed by atoms with E-state index in [1.165, 1.54) is 0 Å². The molecule has 56 valence electrons. The zero-order chi connectivity index (χ0) is 7.40. The van der Waals surface area contributed by atoms with Crippen LogP contribution in [-0.4, -0.2) is 27.9 Å². The maximum absolute atomic E-state index is 5.20. The molecular weight excluding hydrogens is 132 g/mol. The van der Waals surface area contributed by atoms with E-state index in [0.717, 1.165) is 0 Å². The van der Waals surface area contributed by atoms with Crippen molar-refractivity contribution in [2.75, 3.05) is 13.2 Å². The van der Waals surface area contributed by atoms with Gasteiger partial charge in [0.05, 0.1) is 0 Å². The Morgan fingerprint density at radius 3 is 3.10 bits per heavy atom. The highest BCUT2D eigenvalue weighted by atomic mass is 16.5. The van der Waals surface area contributed by atoms with Crippen LogP contribution in [0, 0.1) is 0 Å². The molecular formula is C5H10N4O. The third-order valence-corrected chi connectivity index (χ3v) is 0.928. The fourth-order valence-corrected chi connectivity index (χ4v) is 0.536. The van der Waals surface area contributed by atoms with Gasteiger partial charge in [0, 0.05) is 13.6 Å². The summed E-state index contributed by atoms with van der Waals surface area (Å²) < 4.78 is 6.58. The van der Waals surface area contributed by atoms with Gasteiger partial charge >= 0.3 is 6.01 Å². The summed E-state index contributed by atoms with van der Waals surface area (Å²) >= 11 is 0. The summed E-state index contributed by atoms with van der Waals surface area (Å²) in [6.07, 6.45) is 1.58. The number of hydrogen-bond donors (Lipinski definition) is 1. The van der Waals surface area contributed by atoms with E-state index in [4.69, 9.17) is 10.5 Å². The second-order valence-corrected chi connectivity index (χ2v) is 1.84. The minimum absolute atomic E-state index is 0.382. The van der Waals surface area contributed by atoms with Crippen molar-refractivity contribution in [3.05, 3.63) is 6.33 Å². The number of rotatable bonds is 3. The lowest BCUT2D eigenvalue weighted by atomic mass is 10.7. The van der Waals surface area contributed by atoms with Crippen molar-refractivity contribution in [3.63, 3.8) is 0 Å². The first-order valence-electron chi connectivity index (χ1n) is 3.01. The zero-order valence-corrected chi connectivity index (χ0v) is 5.82. The molecule has 0 amide bonds. The molecule has 0 aliphatic rings. The van der Waals surface area contributed by atoms with Crippen LogP contribution < -0.4 is 10.5 Å². The van der Waals surface area contributed by atoms with Gasteiger partial charge in [0.25, 0.3) is 0 Å². The van der Waals surface area contributed by atoms with E-state index in [1.54, 1.807) is 18.1 Å². The van der Waals surface area contributed by atoms with E-state index in [1.807, 2.05) is 0 Å². The van der Waals surface area contributed by atoms with Crippen molar-refractivity contribution in [2.24, 2.45) is 12.8 Å². The van der Waals surface area contributed by atoms with Crippen molar-refractivity contribution in [2.45, 2.75) is 0 Å². The van der Waals surface area contributed by atoms with E-state index in [-0.39, 0.29) is 0 Å². The predicted octanol–water partition coefficient (Wildman–Crippen LogP) is -0.847. The highest BCUT2D eigenvalue weighted by Gasteiger charge is 1.95. The largest absolute Gasteiger partial charge is 0.461 e. The number of nitrogens with two attached hydrogens (primary N) is 1. The third kappa shape index (κ3) is 1.70. The molecule has 1 aromatic heterocycles. The predicted molar refractivity (Wildman–Crippen MR) is 35.6 cm³/mol. The maximum atomic E-state index is 5.20. The van der Waals surface area contributed by atoms with Gasteiger partial charge in [-0.3, -0.25) is 4.68 Å². The topological polar surface area (TPSA) is 66.0 Å². The molecule has 2 N–H and O–H groups in total. The summed E-state index contributed by atoms with van der Waals surface area (Å²) in [5, 5.41) is 3.88. The summed E-state index contributed by atoms with van der Waals surface area (Å²) in [5.41, 5.74) is 5.20. The van der Waals surface area contributed by atoms with Crippen molar-refractivity contribution in [1.82, 2.24) is 14.8 Å². The number of ether oxygens (including phenoxy) is 1. The van der Waals surface area contributed by atoms with Gasteiger partial charge in [-0.25, -0.2) is 0 Å².